The van der Waals surface area contributed by atoms with Gasteiger partial charge in [-0.25, -0.2) is 19.3 Å². The molecule has 0 atom stereocenters. The molecule has 0 unspecified atom stereocenters. The fraction of sp³-hybridized carbons (Fsp3) is 0.238. The lowest BCUT2D eigenvalue weighted by atomic mass is 10.2. The van der Waals surface area contributed by atoms with Crippen molar-refractivity contribution in [2.75, 3.05) is 31.3 Å². The summed E-state index contributed by atoms with van der Waals surface area (Å²) in [7, 11) is 3.98. The summed E-state index contributed by atoms with van der Waals surface area (Å²) in [5, 5.41) is 6.36. The van der Waals surface area contributed by atoms with E-state index in [4.69, 9.17) is 11.6 Å². The highest BCUT2D eigenvalue weighted by atomic mass is 35.5. The van der Waals surface area contributed by atoms with Crippen LogP contribution in [0.5, 0.6) is 0 Å². The molecular formula is C21H20ClFN6O. The molecule has 0 aliphatic carbocycles. The Labute approximate surface area is 178 Å². The summed E-state index contributed by atoms with van der Waals surface area (Å²) in [6, 6.07) is 5.92. The lowest BCUT2D eigenvalue weighted by molar-refractivity contribution is -0.111. The first-order valence-corrected chi connectivity index (χ1v) is 9.57. The smallest absolute Gasteiger partial charge is 0.301 e. The molecule has 2 heterocycles. The van der Waals surface area contributed by atoms with Crippen molar-refractivity contribution in [3.8, 4) is 11.8 Å². The zero-order chi connectivity index (χ0) is 21.5. The molecule has 1 amide bonds. The molecule has 2 aromatic heterocycles. The van der Waals surface area contributed by atoms with E-state index in [2.05, 4.69) is 42.3 Å². The van der Waals surface area contributed by atoms with Crippen LogP contribution in [0.1, 0.15) is 12.8 Å². The molecule has 1 aromatic carbocycles. The molecule has 0 aliphatic heterocycles. The fourth-order valence-electron chi connectivity index (χ4n) is 2.61. The van der Waals surface area contributed by atoms with Gasteiger partial charge in [0.05, 0.1) is 16.7 Å². The van der Waals surface area contributed by atoms with Gasteiger partial charge in [0.2, 0.25) is 0 Å². The Kier molecular flexibility index (Phi) is 7.12. The molecule has 0 aliphatic rings. The van der Waals surface area contributed by atoms with E-state index < -0.39 is 11.7 Å². The van der Waals surface area contributed by atoms with Gasteiger partial charge in [-0.2, -0.15) is 0 Å². The highest BCUT2D eigenvalue weighted by molar-refractivity contribution is 6.31. The number of halogens is 2. The number of anilines is 3. The SMILES string of the molecule is CN(C)CCCC#CC(=O)Nc1cc2c(Nc3ccc(F)c(Cl)c3)ncnc2cn1. The second-order valence-electron chi connectivity index (χ2n) is 6.73. The van der Waals surface area contributed by atoms with Crippen LogP contribution in [0, 0.1) is 17.7 Å². The number of hydrogen-bond acceptors (Lipinski definition) is 6. The molecule has 3 rings (SSSR count). The molecule has 0 saturated carbocycles. The van der Waals surface area contributed by atoms with Crippen molar-refractivity contribution in [2.45, 2.75) is 12.8 Å². The van der Waals surface area contributed by atoms with E-state index in [0.29, 0.717) is 34.6 Å². The Morgan fingerprint density at radius 2 is 2.07 bits per heavy atom. The molecule has 7 nitrogen and oxygen atoms in total. The number of benzene rings is 1. The van der Waals surface area contributed by atoms with Crippen molar-refractivity contribution in [2.24, 2.45) is 0 Å². The van der Waals surface area contributed by atoms with Crippen molar-refractivity contribution >= 4 is 45.7 Å². The van der Waals surface area contributed by atoms with Gasteiger partial charge in [-0.05, 0) is 57.2 Å². The van der Waals surface area contributed by atoms with Gasteiger partial charge in [0.15, 0.2) is 0 Å². The van der Waals surface area contributed by atoms with Gasteiger partial charge in [-0.1, -0.05) is 17.5 Å². The fourth-order valence-corrected chi connectivity index (χ4v) is 2.79. The number of fused-ring (bicyclic) bond motifs is 1. The van der Waals surface area contributed by atoms with Crippen molar-refractivity contribution in [1.29, 1.82) is 0 Å². The monoisotopic (exact) mass is 426 g/mol. The summed E-state index contributed by atoms with van der Waals surface area (Å²) in [6.07, 6.45) is 4.44. The summed E-state index contributed by atoms with van der Waals surface area (Å²) in [5.74, 6) is 5.26. The number of rotatable bonds is 6. The predicted molar refractivity (Wildman–Crippen MR) is 116 cm³/mol. The van der Waals surface area contributed by atoms with Gasteiger partial charge in [-0.15, -0.1) is 0 Å². The summed E-state index contributed by atoms with van der Waals surface area (Å²) in [4.78, 5) is 26.7. The van der Waals surface area contributed by atoms with Gasteiger partial charge >= 0.3 is 5.91 Å². The van der Waals surface area contributed by atoms with E-state index >= 15 is 0 Å². The van der Waals surface area contributed by atoms with Crippen LogP contribution >= 0.6 is 11.6 Å². The third-order valence-corrected chi connectivity index (χ3v) is 4.34. The van der Waals surface area contributed by atoms with Crippen molar-refractivity contribution in [3.05, 3.63) is 47.6 Å². The maximum Gasteiger partial charge on any atom is 0.301 e. The van der Waals surface area contributed by atoms with Gasteiger partial charge in [0, 0.05) is 17.5 Å². The highest BCUT2D eigenvalue weighted by Crippen LogP contribution is 2.26. The highest BCUT2D eigenvalue weighted by Gasteiger charge is 2.09. The number of hydrogen-bond donors (Lipinski definition) is 2. The molecule has 0 spiro atoms. The van der Waals surface area contributed by atoms with Gasteiger partial charge < -0.3 is 10.2 Å². The molecule has 9 heteroatoms. The number of nitrogens with one attached hydrogen (secondary N) is 2. The zero-order valence-electron chi connectivity index (χ0n) is 16.5. The maximum atomic E-state index is 13.4. The summed E-state index contributed by atoms with van der Waals surface area (Å²) < 4.78 is 13.4. The summed E-state index contributed by atoms with van der Waals surface area (Å²) in [6.45, 7) is 0.914. The first kappa shape index (κ1) is 21.4. The van der Waals surface area contributed by atoms with E-state index in [1.807, 2.05) is 14.1 Å². The van der Waals surface area contributed by atoms with Crippen LogP contribution in [-0.2, 0) is 4.79 Å². The van der Waals surface area contributed by atoms with E-state index in [1.165, 1.54) is 24.7 Å². The van der Waals surface area contributed by atoms with Crippen LogP contribution in [0.25, 0.3) is 10.9 Å². The van der Waals surface area contributed by atoms with E-state index in [9.17, 15) is 9.18 Å². The predicted octanol–water partition coefficient (Wildman–Crippen LogP) is 3.84. The molecule has 0 radical (unpaired) electrons. The van der Waals surface area contributed by atoms with Crippen molar-refractivity contribution in [1.82, 2.24) is 19.9 Å². The third-order valence-electron chi connectivity index (χ3n) is 4.05. The summed E-state index contributed by atoms with van der Waals surface area (Å²) >= 11 is 5.84. The van der Waals surface area contributed by atoms with Crippen molar-refractivity contribution in [3.63, 3.8) is 0 Å². The maximum absolute atomic E-state index is 13.4. The lowest BCUT2D eigenvalue weighted by Crippen LogP contribution is -2.12. The third kappa shape index (κ3) is 5.86. The molecular weight excluding hydrogens is 407 g/mol. The number of pyridine rings is 1. The minimum atomic E-state index is -0.508. The van der Waals surface area contributed by atoms with E-state index in [0.717, 1.165) is 13.0 Å². The number of carbonyl (C=O) groups is 1. The Morgan fingerprint density at radius 1 is 1.23 bits per heavy atom. The minimum Gasteiger partial charge on any atom is -0.340 e. The second-order valence-corrected chi connectivity index (χ2v) is 7.13. The molecule has 30 heavy (non-hydrogen) atoms. The van der Waals surface area contributed by atoms with Crippen LogP contribution in [0.2, 0.25) is 5.02 Å². The molecule has 3 aromatic rings. The number of amides is 1. The Morgan fingerprint density at radius 3 is 2.83 bits per heavy atom. The number of aromatic nitrogens is 3. The minimum absolute atomic E-state index is 0.00265. The van der Waals surface area contributed by atoms with E-state index in [1.54, 1.807) is 12.1 Å². The number of unbranched alkanes of at least 4 members (excludes halogenated alkanes) is 1. The van der Waals surface area contributed by atoms with Gasteiger partial charge in [-0.3, -0.25) is 10.1 Å². The second kappa shape index (κ2) is 9.96. The van der Waals surface area contributed by atoms with Crippen LogP contribution in [0.3, 0.4) is 0 Å². The molecule has 2 N–H and O–H groups in total. The average Bonchev–Trinajstić information content (AvgIpc) is 2.70. The first-order valence-electron chi connectivity index (χ1n) is 9.20. The Bertz CT molecular complexity index is 1130. The van der Waals surface area contributed by atoms with Crippen LogP contribution < -0.4 is 10.6 Å². The number of nitrogens with zero attached hydrogens (tertiary/aromatic N) is 4. The summed E-state index contributed by atoms with van der Waals surface area (Å²) in [5.41, 5.74) is 1.14. The topological polar surface area (TPSA) is 83.0 Å². The molecule has 154 valence electrons. The zero-order valence-corrected chi connectivity index (χ0v) is 17.3. The van der Waals surface area contributed by atoms with Crippen molar-refractivity contribution < 1.29 is 9.18 Å². The molecule has 0 bridgehead atoms. The first-order chi connectivity index (χ1) is 14.4. The van der Waals surface area contributed by atoms with E-state index in [-0.39, 0.29) is 5.02 Å². The van der Waals surface area contributed by atoms with Crippen LogP contribution in [-0.4, -0.2) is 46.4 Å². The number of carbonyl (C=O) groups excluding carboxylic acids is 1. The molecule has 0 saturated heterocycles. The van der Waals surface area contributed by atoms with Crippen LogP contribution in [0.15, 0.2) is 36.8 Å². The van der Waals surface area contributed by atoms with Crippen LogP contribution in [0.4, 0.5) is 21.7 Å². The largest absolute Gasteiger partial charge is 0.340 e. The normalized spacial score (nSPS) is 10.6. The average molecular weight is 427 g/mol. The quantitative estimate of drug-likeness (QED) is 0.460. The van der Waals surface area contributed by atoms with Gasteiger partial charge in [0.1, 0.15) is 23.8 Å². The Hall–Kier alpha value is -3.28. The standard InChI is InChI=1S/C21H20ClFN6O/c1-29(2)9-5-3-4-6-20(30)28-19-11-15-18(12-24-19)25-13-26-21(15)27-14-7-8-17(23)16(22)10-14/h7-8,10-13H,3,5,9H2,1-2H3,(H,24,28,30)(H,25,26,27). The lowest BCUT2D eigenvalue weighted by Gasteiger charge is -2.10. The molecule has 0 fully saturated rings. The Balaban J connectivity index is 1.75. The van der Waals surface area contributed by atoms with Gasteiger partial charge in [0.25, 0.3) is 0 Å².